The molecule has 0 spiro atoms. The third kappa shape index (κ3) is 4.76. The smallest absolute Gasteiger partial charge is 0.164 e. The molecule has 5 heteroatoms. The molecule has 5 nitrogen and oxygen atoms in total. The van der Waals surface area contributed by atoms with Crippen molar-refractivity contribution in [3.05, 3.63) is 158 Å². The molecule has 44 heavy (non-hydrogen) atoms. The fourth-order valence-corrected chi connectivity index (χ4v) is 5.57. The SMILES string of the molecule is c1ccc(-c2ccc3c(c2)Oc2ccccc2N3c2cccc(-c3nc(-c4ccccc4)nc(-c4ccccc4)n3)c2)cc1. The number of nitrogens with zero attached hydrogens (tertiary/aromatic N) is 4. The maximum Gasteiger partial charge on any atom is 0.164 e. The van der Waals surface area contributed by atoms with Crippen LogP contribution in [0.5, 0.6) is 11.5 Å². The Morgan fingerprint density at radius 1 is 0.364 bits per heavy atom. The van der Waals surface area contributed by atoms with Crippen LogP contribution in [0.1, 0.15) is 0 Å². The molecular weight excluding hydrogens is 540 g/mol. The maximum absolute atomic E-state index is 6.46. The summed E-state index contributed by atoms with van der Waals surface area (Å²) in [6.07, 6.45) is 0. The van der Waals surface area contributed by atoms with Crippen LogP contribution in [0.25, 0.3) is 45.3 Å². The lowest BCUT2D eigenvalue weighted by Gasteiger charge is -2.33. The van der Waals surface area contributed by atoms with Gasteiger partial charge in [0, 0.05) is 22.4 Å². The molecule has 6 aromatic carbocycles. The Labute approximate surface area is 255 Å². The Bertz CT molecular complexity index is 2040. The molecule has 1 aromatic heterocycles. The third-order valence-electron chi connectivity index (χ3n) is 7.70. The average Bonchev–Trinajstić information content (AvgIpc) is 3.11. The van der Waals surface area contributed by atoms with Gasteiger partial charge < -0.3 is 9.64 Å². The molecule has 0 radical (unpaired) electrons. The van der Waals surface area contributed by atoms with Gasteiger partial charge in [-0.05, 0) is 47.5 Å². The quantitative estimate of drug-likeness (QED) is 0.207. The number of hydrogen-bond donors (Lipinski definition) is 0. The first kappa shape index (κ1) is 25.6. The predicted molar refractivity (Wildman–Crippen MR) is 176 cm³/mol. The lowest BCUT2D eigenvalue weighted by Crippen LogP contribution is -2.16. The molecule has 0 amide bonds. The van der Waals surface area contributed by atoms with Gasteiger partial charge in [-0.3, -0.25) is 0 Å². The van der Waals surface area contributed by atoms with E-state index in [-0.39, 0.29) is 0 Å². The number of para-hydroxylation sites is 2. The van der Waals surface area contributed by atoms with Crippen molar-refractivity contribution in [1.82, 2.24) is 15.0 Å². The van der Waals surface area contributed by atoms with Gasteiger partial charge in [-0.1, -0.05) is 121 Å². The van der Waals surface area contributed by atoms with Crippen molar-refractivity contribution >= 4 is 17.1 Å². The van der Waals surface area contributed by atoms with Crippen molar-refractivity contribution in [2.45, 2.75) is 0 Å². The molecule has 0 N–H and O–H groups in total. The number of anilines is 3. The molecule has 8 rings (SSSR count). The summed E-state index contributed by atoms with van der Waals surface area (Å²) < 4.78 is 6.46. The van der Waals surface area contributed by atoms with Gasteiger partial charge in [0.25, 0.3) is 0 Å². The summed E-state index contributed by atoms with van der Waals surface area (Å²) >= 11 is 0. The minimum Gasteiger partial charge on any atom is -0.453 e. The highest BCUT2D eigenvalue weighted by Crippen LogP contribution is 2.51. The van der Waals surface area contributed by atoms with E-state index in [4.69, 9.17) is 19.7 Å². The average molecular weight is 567 g/mol. The zero-order valence-corrected chi connectivity index (χ0v) is 23.7. The molecule has 1 aliphatic heterocycles. The van der Waals surface area contributed by atoms with Crippen LogP contribution in [0.15, 0.2) is 158 Å². The van der Waals surface area contributed by atoms with Crippen LogP contribution in [0.4, 0.5) is 17.1 Å². The van der Waals surface area contributed by atoms with Crippen molar-refractivity contribution < 1.29 is 4.74 Å². The molecule has 1 aliphatic rings. The standard InChI is InChI=1S/C39H26N4O/c1-4-13-27(14-5-1)30-23-24-34-36(26-30)44-35-22-11-10-21-33(35)43(34)32-20-12-19-31(25-32)39-41-37(28-15-6-2-7-16-28)40-38(42-39)29-17-8-3-9-18-29/h1-26H. The minimum atomic E-state index is 0.612. The summed E-state index contributed by atoms with van der Waals surface area (Å²) in [5.41, 5.74) is 7.93. The summed E-state index contributed by atoms with van der Waals surface area (Å²) in [6, 6.07) is 53.3. The van der Waals surface area contributed by atoms with Crippen LogP contribution in [0, 0.1) is 0 Å². The first-order valence-electron chi connectivity index (χ1n) is 14.5. The van der Waals surface area contributed by atoms with Crippen molar-refractivity contribution in [2.75, 3.05) is 4.90 Å². The Morgan fingerprint density at radius 3 is 1.55 bits per heavy atom. The number of hydrogen-bond acceptors (Lipinski definition) is 5. The molecule has 0 bridgehead atoms. The van der Waals surface area contributed by atoms with Crippen molar-refractivity contribution in [3.63, 3.8) is 0 Å². The monoisotopic (exact) mass is 566 g/mol. The normalized spacial score (nSPS) is 11.8. The van der Waals surface area contributed by atoms with Crippen molar-refractivity contribution in [2.24, 2.45) is 0 Å². The van der Waals surface area contributed by atoms with Gasteiger partial charge >= 0.3 is 0 Å². The summed E-state index contributed by atoms with van der Waals surface area (Å²) in [4.78, 5) is 17.0. The van der Waals surface area contributed by atoms with Gasteiger partial charge in [0.1, 0.15) is 0 Å². The Kier molecular flexibility index (Phi) is 6.39. The Morgan fingerprint density at radius 2 is 0.886 bits per heavy atom. The Hall–Kier alpha value is -6.07. The van der Waals surface area contributed by atoms with E-state index in [9.17, 15) is 0 Å². The van der Waals surface area contributed by atoms with E-state index < -0.39 is 0 Å². The summed E-state index contributed by atoms with van der Waals surface area (Å²) in [6.45, 7) is 0. The van der Waals surface area contributed by atoms with E-state index in [0.29, 0.717) is 17.5 Å². The van der Waals surface area contributed by atoms with Crippen LogP contribution < -0.4 is 9.64 Å². The van der Waals surface area contributed by atoms with E-state index in [0.717, 1.165) is 56.4 Å². The van der Waals surface area contributed by atoms with E-state index in [1.54, 1.807) is 0 Å². The zero-order valence-electron chi connectivity index (χ0n) is 23.7. The minimum absolute atomic E-state index is 0.612. The number of rotatable bonds is 5. The second-order valence-corrected chi connectivity index (χ2v) is 10.5. The van der Waals surface area contributed by atoms with Crippen molar-refractivity contribution in [1.29, 1.82) is 0 Å². The lowest BCUT2D eigenvalue weighted by molar-refractivity contribution is 0.477. The lowest BCUT2D eigenvalue weighted by atomic mass is 10.0. The fraction of sp³-hybridized carbons (Fsp3) is 0. The summed E-state index contributed by atoms with van der Waals surface area (Å²) in [5.74, 6) is 3.48. The van der Waals surface area contributed by atoms with Gasteiger partial charge in [0.15, 0.2) is 29.0 Å². The van der Waals surface area contributed by atoms with E-state index >= 15 is 0 Å². The van der Waals surface area contributed by atoms with Gasteiger partial charge in [0.2, 0.25) is 0 Å². The molecule has 0 fully saturated rings. The first-order valence-corrected chi connectivity index (χ1v) is 14.5. The molecule has 2 heterocycles. The maximum atomic E-state index is 6.46. The molecule has 0 unspecified atom stereocenters. The van der Waals surface area contributed by atoms with Gasteiger partial charge in [-0.25, -0.2) is 15.0 Å². The molecule has 0 saturated heterocycles. The highest BCUT2D eigenvalue weighted by atomic mass is 16.5. The Balaban J connectivity index is 1.26. The van der Waals surface area contributed by atoms with E-state index in [1.165, 1.54) is 0 Å². The van der Waals surface area contributed by atoms with Crippen LogP contribution in [-0.4, -0.2) is 15.0 Å². The predicted octanol–water partition coefficient (Wildman–Crippen LogP) is 10.1. The van der Waals surface area contributed by atoms with E-state index in [2.05, 4.69) is 71.6 Å². The van der Waals surface area contributed by atoms with Gasteiger partial charge in [-0.15, -0.1) is 0 Å². The summed E-state index contributed by atoms with van der Waals surface area (Å²) in [7, 11) is 0. The second-order valence-electron chi connectivity index (χ2n) is 10.5. The van der Waals surface area contributed by atoms with Crippen LogP contribution >= 0.6 is 0 Å². The van der Waals surface area contributed by atoms with Gasteiger partial charge in [-0.2, -0.15) is 0 Å². The molecular formula is C39H26N4O. The highest BCUT2D eigenvalue weighted by Gasteiger charge is 2.26. The van der Waals surface area contributed by atoms with Crippen LogP contribution in [0.3, 0.4) is 0 Å². The molecule has 208 valence electrons. The topological polar surface area (TPSA) is 51.1 Å². The number of benzene rings is 6. The second kappa shape index (κ2) is 11.0. The number of aromatic nitrogens is 3. The fourth-order valence-electron chi connectivity index (χ4n) is 5.57. The summed E-state index contributed by atoms with van der Waals surface area (Å²) in [5, 5.41) is 0. The largest absolute Gasteiger partial charge is 0.453 e. The molecule has 7 aromatic rings. The molecule has 0 atom stereocenters. The zero-order chi connectivity index (χ0) is 29.3. The molecule has 0 aliphatic carbocycles. The van der Waals surface area contributed by atoms with Crippen molar-refractivity contribution in [3.8, 4) is 56.8 Å². The van der Waals surface area contributed by atoms with Crippen LogP contribution in [-0.2, 0) is 0 Å². The van der Waals surface area contributed by atoms with E-state index in [1.807, 2.05) is 91.0 Å². The van der Waals surface area contributed by atoms with Gasteiger partial charge in [0.05, 0.1) is 11.4 Å². The number of ether oxygens (including phenoxy) is 1. The third-order valence-corrected chi connectivity index (χ3v) is 7.70. The first-order chi connectivity index (χ1) is 21.8. The number of fused-ring (bicyclic) bond motifs is 2. The van der Waals surface area contributed by atoms with Crippen LogP contribution in [0.2, 0.25) is 0 Å². The molecule has 0 saturated carbocycles. The highest BCUT2D eigenvalue weighted by molar-refractivity contribution is 5.88.